The van der Waals surface area contributed by atoms with Crippen LogP contribution >= 0.6 is 0 Å². The molecule has 0 aliphatic carbocycles. The molecule has 0 saturated carbocycles. The zero-order valence-electron chi connectivity index (χ0n) is 21.0. The molecule has 0 N–H and O–H groups in total. The molecule has 7 rings (SSSR count). The number of hydrogen-bond acceptors (Lipinski definition) is 3. The Kier molecular flexibility index (Phi) is 5.10. The second-order valence-corrected chi connectivity index (χ2v) is 9.50. The van der Waals surface area contributed by atoms with E-state index in [4.69, 9.17) is 6.57 Å². The first-order valence-corrected chi connectivity index (χ1v) is 12.6. The molecule has 2 heterocycles. The monoisotopic (exact) mass is 514 g/mol. The third-order valence-corrected chi connectivity index (χ3v) is 7.37. The van der Waals surface area contributed by atoms with Crippen molar-refractivity contribution in [3.8, 4) is 22.9 Å². The van der Waals surface area contributed by atoms with E-state index in [0.717, 1.165) is 21.9 Å². The lowest BCUT2D eigenvalue weighted by atomic mass is 10.0. The number of aromatic nitrogens is 1. The number of nitrogens with zero attached hydrogens (tertiary/aromatic N) is 4. The Labute approximate surface area is 229 Å². The highest BCUT2D eigenvalue weighted by atomic mass is 16.2. The summed E-state index contributed by atoms with van der Waals surface area (Å²) < 4.78 is 1.80. The van der Waals surface area contributed by atoms with E-state index in [1.807, 2.05) is 66.7 Å². The predicted molar refractivity (Wildman–Crippen MR) is 155 cm³/mol. The number of para-hydroxylation sites is 2. The molecule has 0 spiro atoms. The highest BCUT2D eigenvalue weighted by molar-refractivity contribution is 6.36. The largest absolute Gasteiger partial charge is 0.317 e. The van der Waals surface area contributed by atoms with Crippen molar-refractivity contribution in [3.63, 3.8) is 0 Å². The minimum atomic E-state index is -0.453. The molecule has 0 bridgehead atoms. The van der Waals surface area contributed by atoms with Crippen molar-refractivity contribution in [3.05, 3.63) is 137 Å². The maximum atomic E-state index is 14.1. The van der Waals surface area contributed by atoms with Gasteiger partial charge in [0.25, 0.3) is 11.8 Å². The third-order valence-electron chi connectivity index (χ3n) is 7.37. The van der Waals surface area contributed by atoms with E-state index in [-0.39, 0.29) is 11.1 Å². The van der Waals surface area contributed by atoms with Crippen LogP contribution in [0, 0.1) is 17.9 Å². The topological polar surface area (TPSA) is 70.5 Å². The van der Waals surface area contributed by atoms with E-state index in [1.165, 1.54) is 4.90 Å². The van der Waals surface area contributed by atoms with Gasteiger partial charge in [-0.2, -0.15) is 5.26 Å². The summed E-state index contributed by atoms with van der Waals surface area (Å²) in [5, 5.41) is 11.6. The van der Waals surface area contributed by atoms with Crippen LogP contribution in [0.15, 0.2) is 109 Å². The Morgan fingerprint density at radius 3 is 2.17 bits per heavy atom. The van der Waals surface area contributed by atoms with Gasteiger partial charge in [0.1, 0.15) is 6.07 Å². The van der Waals surface area contributed by atoms with Crippen LogP contribution in [-0.2, 0) is 0 Å². The number of amides is 2. The van der Waals surface area contributed by atoms with Gasteiger partial charge < -0.3 is 4.57 Å². The van der Waals surface area contributed by atoms with Gasteiger partial charge in [0.05, 0.1) is 45.7 Å². The SMILES string of the molecule is [C-]#[N+]c1cccc2c3cccc(C#N)c3n(-c3cccc4c3C(=O)N(c3cccc(-c5ccccc5)c3)C4=O)c12. The number of imide groups is 1. The number of carbonyl (C=O) groups excluding carboxylic acids is 2. The van der Waals surface area contributed by atoms with Gasteiger partial charge in [0, 0.05) is 5.39 Å². The molecule has 6 aromatic rings. The van der Waals surface area contributed by atoms with Crippen molar-refractivity contribution in [1.29, 1.82) is 5.26 Å². The molecule has 0 saturated heterocycles. The summed E-state index contributed by atoms with van der Waals surface area (Å²) in [4.78, 5) is 32.8. The van der Waals surface area contributed by atoms with Gasteiger partial charge >= 0.3 is 0 Å². The molecule has 0 radical (unpaired) electrons. The van der Waals surface area contributed by atoms with Gasteiger partial charge in [-0.3, -0.25) is 9.59 Å². The van der Waals surface area contributed by atoms with Gasteiger partial charge in [0.2, 0.25) is 5.69 Å². The van der Waals surface area contributed by atoms with Gasteiger partial charge in [-0.25, -0.2) is 9.74 Å². The Morgan fingerprint density at radius 2 is 1.40 bits per heavy atom. The molecule has 1 aromatic heterocycles. The van der Waals surface area contributed by atoms with Crippen LogP contribution in [0.25, 0.3) is 43.5 Å². The van der Waals surface area contributed by atoms with E-state index in [2.05, 4.69) is 10.9 Å². The van der Waals surface area contributed by atoms with Crippen molar-refractivity contribution in [1.82, 2.24) is 4.57 Å². The molecule has 6 nitrogen and oxygen atoms in total. The number of fused-ring (bicyclic) bond motifs is 4. The lowest BCUT2D eigenvalue weighted by molar-refractivity contribution is 0.0926. The molecular weight excluding hydrogens is 496 g/mol. The Balaban J connectivity index is 1.48. The zero-order valence-corrected chi connectivity index (χ0v) is 21.0. The summed E-state index contributed by atoms with van der Waals surface area (Å²) in [5.41, 5.74) is 5.28. The maximum Gasteiger partial charge on any atom is 0.268 e. The second kappa shape index (κ2) is 8.80. The summed E-state index contributed by atoms with van der Waals surface area (Å²) in [6.45, 7) is 7.83. The summed E-state index contributed by atoms with van der Waals surface area (Å²) in [5.74, 6) is -0.871. The summed E-state index contributed by atoms with van der Waals surface area (Å²) in [6.07, 6.45) is 0. The smallest absolute Gasteiger partial charge is 0.268 e. The fourth-order valence-corrected chi connectivity index (χ4v) is 5.66. The summed E-state index contributed by atoms with van der Waals surface area (Å²) >= 11 is 0. The average molecular weight is 515 g/mol. The van der Waals surface area contributed by atoms with Crippen LogP contribution in [0.2, 0.25) is 0 Å². The van der Waals surface area contributed by atoms with E-state index in [0.29, 0.717) is 33.7 Å². The van der Waals surface area contributed by atoms with Crippen LogP contribution in [-0.4, -0.2) is 16.4 Å². The molecule has 6 heteroatoms. The minimum Gasteiger partial charge on any atom is -0.317 e. The molecule has 1 aliphatic heterocycles. The van der Waals surface area contributed by atoms with Crippen molar-refractivity contribution in [2.75, 3.05) is 4.90 Å². The third kappa shape index (κ3) is 3.21. The van der Waals surface area contributed by atoms with Crippen LogP contribution < -0.4 is 4.90 Å². The minimum absolute atomic E-state index is 0.240. The van der Waals surface area contributed by atoms with Crippen LogP contribution in [0.5, 0.6) is 0 Å². The number of nitriles is 1. The lowest BCUT2D eigenvalue weighted by Gasteiger charge is -2.16. The molecule has 186 valence electrons. The first kappa shape index (κ1) is 23.2. The fraction of sp³-hybridized carbons (Fsp3) is 0. The van der Waals surface area contributed by atoms with Gasteiger partial charge in [-0.05, 0) is 46.8 Å². The average Bonchev–Trinajstić information content (AvgIpc) is 3.49. The predicted octanol–water partition coefficient (Wildman–Crippen LogP) is 7.67. The number of hydrogen-bond donors (Lipinski definition) is 0. The first-order chi connectivity index (χ1) is 19.6. The number of carbonyl (C=O) groups is 2. The molecule has 40 heavy (non-hydrogen) atoms. The van der Waals surface area contributed by atoms with Gasteiger partial charge in [-0.15, -0.1) is 0 Å². The van der Waals surface area contributed by atoms with Gasteiger partial charge in [-0.1, -0.05) is 78.9 Å². The highest BCUT2D eigenvalue weighted by Crippen LogP contribution is 2.41. The number of benzene rings is 5. The second-order valence-electron chi connectivity index (χ2n) is 9.50. The standard InChI is InChI=1S/C34H18N4O2/c1-36-28-17-7-15-26-25-14-6-12-23(20-35)31(25)38(32(26)28)29-18-8-16-27-30(29)34(40)37(33(27)39)24-13-5-11-22(19-24)21-9-3-2-4-10-21/h2-19H. The Bertz CT molecular complexity index is 2060. The Morgan fingerprint density at radius 1 is 0.700 bits per heavy atom. The van der Waals surface area contributed by atoms with E-state index < -0.39 is 11.8 Å². The molecule has 0 atom stereocenters. The van der Waals surface area contributed by atoms with Gasteiger partial charge in [0.15, 0.2) is 0 Å². The highest BCUT2D eigenvalue weighted by Gasteiger charge is 2.39. The fourth-order valence-electron chi connectivity index (χ4n) is 5.66. The Hall–Kier alpha value is -5.98. The molecular formula is C34H18N4O2. The van der Waals surface area contributed by atoms with Crippen LogP contribution in [0.3, 0.4) is 0 Å². The van der Waals surface area contributed by atoms with Crippen molar-refractivity contribution < 1.29 is 9.59 Å². The quantitative estimate of drug-likeness (QED) is 0.180. The van der Waals surface area contributed by atoms with Crippen molar-refractivity contribution >= 4 is 45.0 Å². The molecule has 2 amide bonds. The summed E-state index contributed by atoms with van der Waals surface area (Å²) in [6, 6.07) is 35.4. The van der Waals surface area contributed by atoms with E-state index >= 15 is 0 Å². The van der Waals surface area contributed by atoms with Crippen LogP contribution in [0.4, 0.5) is 11.4 Å². The molecule has 5 aromatic carbocycles. The van der Waals surface area contributed by atoms with Crippen molar-refractivity contribution in [2.24, 2.45) is 0 Å². The number of anilines is 1. The maximum absolute atomic E-state index is 14.1. The van der Waals surface area contributed by atoms with E-state index in [9.17, 15) is 14.9 Å². The summed E-state index contributed by atoms with van der Waals surface area (Å²) in [7, 11) is 0. The molecule has 0 fully saturated rings. The normalized spacial score (nSPS) is 12.5. The zero-order chi connectivity index (χ0) is 27.4. The van der Waals surface area contributed by atoms with Crippen molar-refractivity contribution in [2.45, 2.75) is 0 Å². The molecule has 0 unspecified atom stereocenters. The lowest BCUT2D eigenvalue weighted by Crippen LogP contribution is -2.29. The number of rotatable bonds is 3. The van der Waals surface area contributed by atoms with Crippen LogP contribution in [0.1, 0.15) is 26.3 Å². The van der Waals surface area contributed by atoms with E-state index in [1.54, 1.807) is 47.0 Å². The first-order valence-electron chi connectivity index (χ1n) is 12.6. The molecule has 1 aliphatic rings.